The molecule has 0 saturated carbocycles. The summed E-state index contributed by atoms with van der Waals surface area (Å²) in [6.45, 7) is 10.3. The highest BCUT2D eigenvalue weighted by atomic mass is 35.5. The van der Waals surface area contributed by atoms with Crippen molar-refractivity contribution in [2.75, 3.05) is 20.1 Å². The first kappa shape index (κ1) is 14.9. The minimum Gasteiger partial charge on any atom is -0.311 e. The summed E-state index contributed by atoms with van der Waals surface area (Å²) >= 11 is 6.38. The van der Waals surface area contributed by atoms with Gasteiger partial charge >= 0.3 is 0 Å². The summed E-state index contributed by atoms with van der Waals surface area (Å²) in [5.41, 5.74) is 3.13. The molecule has 2 unspecified atom stereocenters. The fraction of sp³-hybridized carbons (Fsp3) is 0.733. The van der Waals surface area contributed by atoms with E-state index in [0.717, 1.165) is 42.3 Å². The zero-order valence-corrected chi connectivity index (χ0v) is 14.1. The molecule has 21 heavy (non-hydrogen) atoms. The lowest BCUT2D eigenvalue weighted by Crippen LogP contribution is -2.19. The van der Waals surface area contributed by atoms with E-state index < -0.39 is 0 Å². The average Bonchev–Trinajstić information content (AvgIpc) is 3.08. The van der Waals surface area contributed by atoms with Crippen LogP contribution in [-0.4, -0.2) is 44.4 Å². The average molecular weight is 310 g/mol. The lowest BCUT2D eigenvalue weighted by Gasteiger charge is -2.16. The van der Waals surface area contributed by atoms with Gasteiger partial charge in [0.15, 0.2) is 5.65 Å². The van der Waals surface area contributed by atoms with E-state index in [1.54, 1.807) is 0 Å². The van der Waals surface area contributed by atoms with Gasteiger partial charge in [-0.3, -0.25) is 0 Å². The van der Waals surface area contributed by atoms with E-state index in [1.807, 2.05) is 13.8 Å². The summed E-state index contributed by atoms with van der Waals surface area (Å²) in [5.74, 6) is 1.64. The van der Waals surface area contributed by atoms with E-state index >= 15 is 0 Å². The number of aromatic nitrogens is 4. The van der Waals surface area contributed by atoms with Crippen LogP contribution in [0.4, 0.5) is 0 Å². The molecule has 1 saturated heterocycles. The van der Waals surface area contributed by atoms with Gasteiger partial charge in [-0.2, -0.15) is 5.10 Å². The van der Waals surface area contributed by atoms with Crippen molar-refractivity contribution in [2.24, 2.45) is 5.92 Å². The monoisotopic (exact) mass is 309 g/mol. The van der Waals surface area contributed by atoms with Gasteiger partial charge in [-0.05, 0) is 46.7 Å². The van der Waals surface area contributed by atoms with Gasteiger partial charge in [0.05, 0.1) is 11.1 Å². The van der Waals surface area contributed by atoms with Crippen LogP contribution in [0.1, 0.15) is 37.2 Å². The highest BCUT2D eigenvalue weighted by Crippen LogP contribution is 2.29. The third-order valence-corrected chi connectivity index (χ3v) is 4.61. The number of imidazole rings is 1. The fourth-order valence-electron chi connectivity index (χ4n) is 3.38. The summed E-state index contributed by atoms with van der Waals surface area (Å²) in [6.07, 6.45) is 1.24. The van der Waals surface area contributed by atoms with Crippen molar-refractivity contribution in [2.45, 2.75) is 45.7 Å². The number of likely N-dealkylation sites (tertiary alicyclic amines) is 1. The van der Waals surface area contributed by atoms with Crippen molar-refractivity contribution < 1.29 is 0 Å². The van der Waals surface area contributed by atoms with Gasteiger partial charge in [-0.1, -0.05) is 0 Å². The lowest BCUT2D eigenvalue weighted by atomic mass is 10.1. The summed E-state index contributed by atoms with van der Waals surface area (Å²) in [4.78, 5) is 7.17. The number of hydrogen-bond donors (Lipinski definition) is 0. The molecule has 3 rings (SSSR count). The molecule has 2 aromatic rings. The molecule has 116 valence electrons. The Morgan fingerprint density at radius 1 is 1.43 bits per heavy atom. The van der Waals surface area contributed by atoms with E-state index in [9.17, 15) is 0 Å². The SMILES string of the molecule is CCn1nc(C)c2nc(C(C)Cl)n(CC3CCN(C)C3)c21. The zero-order valence-electron chi connectivity index (χ0n) is 13.3. The summed E-state index contributed by atoms with van der Waals surface area (Å²) in [7, 11) is 2.19. The summed E-state index contributed by atoms with van der Waals surface area (Å²) in [6, 6.07) is 0. The third kappa shape index (κ3) is 2.57. The highest BCUT2D eigenvalue weighted by Gasteiger charge is 2.25. The maximum Gasteiger partial charge on any atom is 0.158 e. The van der Waals surface area contributed by atoms with Crippen LogP contribution in [0.3, 0.4) is 0 Å². The third-order valence-electron chi connectivity index (χ3n) is 4.41. The molecule has 1 aliphatic rings. The molecule has 0 bridgehead atoms. The van der Waals surface area contributed by atoms with Crippen molar-refractivity contribution in [3.8, 4) is 0 Å². The normalized spacial score (nSPS) is 21.5. The van der Waals surface area contributed by atoms with E-state index in [4.69, 9.17) is 16.6 Å². The molecule has 0 amide bonds. The molecule has 1 fully saturated rings. The van der Waals surface area contributed by atoms with E-state index in [-0.39, 0.29) is 5.38 Å². The van der Waals surface area contributed by atoms with Gasteiger partial charge in [-0.15, -0.1) is 11.6 Å². The van der Waals surface area contributed by atoms with E-state index in [0.29, 0.717) is 5.92 Å². The van der Waals surface area contributed by atoms with E-state index in [2.05, 4.69) is 33.2 Å². The number of fused-ring (bicyclic) bond motifs is 1. The Labute approximate surface area is 130 Å². The van der Waals surface area contributed by atoms with Gasteiger partial charge in [0.25, 0.3) is 0 Å². The molecule has 2 atom stereocenters. The maximum atomic E-state index is 6.38. The van der Waals surface area contributed by atoms with Crippen molar-refractivity contribution in [1.82, 2.24) is 24.2 Å². The predicted octanol–water partition coefficient (Wildman–Crippen LogP) is 2.81. The Morgan fingerprint density at radius 3 is 2.76 bits per heavy atom. The summed E-state index contributed by atoms with van der Waals surface area (Å²) in [5, 5.41) is 4.52. The maximum absolute atomic E-state index is 6.38. The van der Waals surface area contributed by atoms with Crippen LogP contribution in [0.15, 0.2) is 0 Å². The Bertz CT molecular complexity index is 642. The van der Waals surface area contributed by atoms with Gasteiger partial charge in [-0.25, -0.2) is 9.67 Å². The van der Waals surface area contributed by atoms with Crippen molar-refractivity contribution >= 4 is 22.8 Å². The van der Waals surface area contributed by atoms with Crippen molar-refractivity contribution in [3.63, 3.8) is 0 Å². The smallest absolute Gasteiger partial charge is 0.158 e. The molecule has 0 aromatic carbocycles. The molecular weight excluding hydrogens is 286 g/mol. The predicted molar refractivity (Wildman–Crippen MR) is 85.8 cm³/mol. The largest absolute Gasteiger partial charge is 0.311 e. The number of halogens is 1. The van der Waals surface area contributed by atoms with Crippen molar-refractivity contribution in [3.05, 3.63) is 11.5 Å². The Hall–Kier alpha value is -1.07. The van der Waals surface area contributed by atoms with E-state index in [1.165, 1.54) is 13.0 Å². The number of hydrogen-bond acceptors (Lipinski definition) is 3. The minimum absolute atomic E-state index is 0.0822. The standard InChI is InChI=1S/C15H24ClN5/c1-5-21-15-13(11(3)18-21)17-14(10(2)16)20(15)9-12-6-7-19(4)8-12/h10,12H,5-9H2,1-4H3. The molecule has 2 aromatic heterocycles. The Balaban J connectivity index is 2.06. The van der Waals surface area contributed by atoms with Crippen LogP contribution in [0.2, 0.25) is 0 Å². The van der Waals surface area contributed by atoms with Gasteiger partial charge in [0.2, 0.25) is 0 Å². The first-order valence-electron chi connectivity index (χ1n) is 7.77. The zero-order chi connectivity index (χ0) is 15.1. The first-order valence-corrected chi connectivity index (χ1v) is 8.21. The Kier molecular flexibility index (Phi) is 3.97. The van der Waals surface area contributed by atoms with Gasteiger partial charge < -0.3 is 9.47 Å². The number of nitrogens with zero attached hydrogens (tertiary/aromatic N) is 5. The van der Waals surface area contributed by atoms with Crippen molar-refractivity contribution in [1.29, 1.82) is 0 Å². The molecule has 1 aliphatic heterocycles. The minimum atomic E-state index is -0.0822. The molecule has 0 aliphatic carbocycles. The van der Waals surface area contributed by atoms with Gasteiger partial charge in [0, 0.05) is 19.6 Å². The number of rotatable bonds is 4. The van der Waals surface area contributed by atoms with Crippen LogP contribution in [0, 0.1) is 12.8 Å². The quantitative estimate of drug-likeness (QED) is 0.815. The molecule has 5 nitrogen and oxygen atoms in total. The molecule has 6 heteroatoms. The number of aryl methyl sites for hydroxylation is 2. The second kappa shape index (κ2) is 5.61. The van der Waals surface area contributed by atoms with Crippen LogP contribution in [0.25, 0.3) is 11.2 Å². The second-order valence-corrected chi connectivity index (χ2v) is 6.84. The van der Waals surface area contributed by atoms with Gasteiger partial charge in [0.1, 0.15) is 11.3 Å². The molecule has 0 radical (unpaired) electrons. The highest BCUT2D eigenvalue weighted by molar-refractivity contribution is 6.20. The number of alkyl halides is 1. The molecular formula is C15H24ClN5. The molecule has 0 spiro atoms. The summed E-state index contributed by atoms with van der Waals surface area (Å²) < 4.78 is 4.36. The second-order valence-electron chi connectivity index (χ2n) is 6.19. The Morgan fingerprint density at radius 2 is 2.19 bits per heavy atom. The van der Waals surface area contributed by atoms with Crippen LogP contribution in [0.5, 0.6) is 0 Å². The lowest BCUT2D eigenvalue weighted by molar-refractivity contribution is 0.376. The van der Waals surface area contributed by atoms with Crippen LogP contribution in [-0.2, 0) is 13.1 Å². The fourth-order valence-corrected chi connectivity index (χ4v) is 3.55. The molecule has 3 heterocycles. The van der Waals surface area contributed by atoms with Crippen LogP contribution < -0.4 is 0 Å². The first-order chi connectivity index (χ1) is 10.0. The molecule has 0 N–H and O–H groups in total. The van der Waals surface area contributed by atoms with Crippen LogP contribution >= 0.6 is 11.6 Å². The topological polar surface area (TPSA) is 38.9 Å².